The summed E-state index contributed by atoms with van der Waals surface area (Å²) < 4.78 is 1.41. The van der Waals surface area contributed by atoms with Crippen LogP contribution in [0.25, 0.3) is 0 Å². The minimum Gasteiger partial charge on any atom is -0.518 e. The molecular formula is C11H18BN. The molecule has 1 saturated heterocycles. The second-order valence-corrected chi connectivity index (χ2v) is 3.64. The van der Waals surface area contributed by atoms with E-state index < -0.39 is 0 Å². The van der Waals surface area contributed by atoms with Crippen LogP contribution in [0.4, 0.5) is 0 Å². The van der Waals surface area contributed by atoms with E-state index in [1.807, 2.05) is 0 Å². The van der Waals surface area contributed by atoms with Crippen LogP contribution in [0.2, 0.25) is 0 Å². The Labute approximate surface area is 81.4 Å². The molecule has 0 aliphatic carbocycles. The molecule has 0 spiro atoms. The van der Waals surface area contributed by atoms with Gasteiger partial charge in [0.1, 0.15) is 0 Å². The van der Waals surface area contributed by atoms with Crippen LogP contribution >= 0.6 is 0 Å². The molecule has 0 amide bonds. The molecule has 13 heavy (non-hydrogen) atoms. The maximum absolute atomic E-state index is 2.43. The largest absolute Gasteiger partial charge is 0.518 e. The van der Waals surface area contributed by atoms with Crippen molar-refractivity contribution in [2.45, 2.75) is 19.4 Å². The first-order valence-corrected chi connectivity index (χ1v) is 4.55. The lowest BCUT2D eigenvalue weighted by atomic mass is 9.85. The quantitative estimate of drug-likeness (QED) is 0.562. The summed E-state index contributed by atoms with van der Waals surface area (Å²) >= 11 is 0. The first kappa shape index (κ1) is 8.83. The average Bonchev–Trinajstić information content (AvgIpc) is 2.07. The van der Waals surface area contributed by atoms with E-state index in [9.17, 15) is 0 Å². The van der Waals surface area contributed by atoms with Crippen molar-refractivity contribution in [2.75, 3.05) is 13.6 Å². The van der Waals surface area contributed by atoms with E-state index in [-0.39, 0.29) is 0 Å². The van der Waals surface area contributed by atoms with Gasteiger partial charge in [0.2, 0.25) is 0 Å². The summed E-state index contributed by atoms with van der Waals surface area (Å²) in [6, 6.07) is 9.73. The van der Waals surface area contributed by atoms with Gasteiger partial charge >= 0.3 is 0 Å². The lowest BCUT2D eigenvalue weighted by Crippen LogP contribution is -2.55. The van der Waals surface area contributed by atoms with Crippen molar-refractivity contribution in [2.24, 2.45) is 0 Å². The second-order valence-electron chi connectivity index (χ2n) is 3.64. The van der Waals surface area contributed by atoms with Gasteiger partial charge in [0.05, 0.1) is 6.04 Å². The number of nitrogens with zero attached hydrogens (tertiary/aromatic N) is 1. The minimum absolute atomic E-state index is 0.428. The summed E-state index contributed by atoms with van der Waals surface area (Å²) in [5.41, 5.74) is 3.09. The maximum atomic E-state index is 2.43. The van der Waals surface area contributed by atoms with E-state index in [2.05, 4.69) is 38.2 Å². The fourth-order valence-corrected chi connectivity index (χ4v) is 1.87. The normalized spacial score (nSPS) is 32.7. The molecule has 0 saturated carbocycles. The zero-order chi connectivity index (χ0) is 9.47. The van der Waals surface area contributed by atoms with Crippen LogP contribution in [0.15, 0.2) is 24.3 Å². The van der Waals surface area contributed by atoms with Crippen LogP contribution in [0.1, 0.15) is 23.6 Å². The van der Waals surface area contributed by atoms with Crippen LogP contribution in [0.3, 0.4) is 0 Å². The lowest BCUT2D eigenvalue weighted by Gasteiger charge is -2.56. The number of hydrogen-bond donors (Lipinski definition) is 0. The van der Waals surface area contributed by atoms with E-state index in [0.717, 1.165) is 6.04 Å². The van der Waals surface area contributed by atoms with Crippen molar-refractivity contribution in [1.29, 1.82) is 0 Å². The summed E-state index contributed by atoms with van der Waals surface area (Å²) in [6.07, 6.45) is 1.41. The molecule has 70 valence electrons. The molecule has 2 atom stereocenters. The molecule has 1 aliphatic heterocycles. The molecule has 0 unspecified atom stereocenters. The van der Waals surface area contributed by atoms with Crippen LogP contribution in [-0.4, -0.2) is 26.0 Å². The molecule has 0 aromatic heterocycles. The zero-order valence-electron chi connectivity index (χ0n) is 7.75. The highest BCUT2D eigenvalue weighted by Gasteiger charge is 2.34. The van der Waals surface area contributed by atoms with Gasteiger partial charge in [-0.2, -0.15) is 0 Å². The molecule has 0 N–H and O–H groups in total. The predicted octanol–water partition coefficient (Wildman–Crippen LogP) is 1.17. The monoisotopic (exact) mass is 175 g/mol. The van der Waals surface area contributed by atoms with Crippen LogP contribution in [0.5, 0.6) is 0 Å². The minimum atomic E-state index is 0.428. The Morgan fingerprint density at radius 2 is 2.08 bits per heavy atom. The fraction of sp³-hybridized carbons (Fsp3) is 0.455. The SMILES string of the molecule is [BH3-][N@@+]1(C)CC[C@H]1c1ccccc1C. The lowest BCUT2D eigenvalue weighted by molar-refractivity contribution is -0.875. The molecule has 2 rings (SSSR count). The molecule has 2 heteroatoms. The highest BCUT2D eigenvalue weighted by molar-refractivity contribution is 5.97. The number of likely N-dealkylation sites (tertiary alicyclic amines) is 1. The third-order valence-corrected chi connectivity index (χ3v) is 2.83. The average molecular weight is 175 g/mol. The molecule has 0 radical (unpaired) electrons. The van der Waals surface area contributed by atoms with Gasteiger partial charge in [-0.25, -0.2) is 0 Å². The topological polar surface area (TPSA) is 0 Å². The Balaban J connectivity index is 2.32. The maximum Gasteiger partial charge on any atom is 0.169 e. The van der Waals surface area contributed by atoms with Crippen molar-refractivity contribution in [3.05, 3.63) is 35.4 Å². The van der Waals surface area contributed by atoms with E-state index in [1.54, 1.807) is 5.56 Å². The standard InChI is InChI=1S/C11H18BN/c1-9-5-3-4-6-10(9)11-7-8-13(11,2)12/h3-6,11H,7-8H2,1-2,12H3/t11-,13-/m0/s1. The number of benzene rings is 1. The Kier molecular flexibility index (Phi) is 1.96. The smallest absolute Gasteiger partial charge is 0.169 e. The van der Waals surface area contributed by atoms with Gasteiger partial charge < -0.3 is 4.39 Å². The summed E-state index contributed by atoms with van der Waals surface area (Å²) in [5, 5.41) is 0. The molecule has 1 aromatic carbocycles. The summed E-state index contributed by atoms with van der Waals surface area (Å²) in [7, 11) is 2.86. The third kappa shape index (κ3) is 1.40. The molecule has 0 bridgehead atoms. The summed E-state index contributed by atoms with van der Waals surface area (Å²) in [5.74, 6) is 0. The number of hydrogen-bond acceptors (Lipinski definition) is 0. The molecular weight excluding hydrogens is 157 g/mol. The number of quaternary nitrogens is 1. The first-order chi connectivity index (χ1) is 6.11. The summed E-state index contributed by atoms with van der Waals surface area (Å²) in [4.78, 5) is 0. The first-order valence-electron chi connectivity index (χ1n) is 4.55. The van der Waals surface area contributed by atoms with Crippen LogP contribution < -0.4 is 0 Å². The molecule has 1 aromatic rings. The Morgan fingerprint density at radius 3 is 2.54 bits per heavy atom. The van der Waals surface area contributed by atoms with Crippen molar-refractivity contribution < 1.29 is 4.39 Å². The molecule has 1 fully saturated rings. The van der Waals surface area contributed by atoms with Gasteiger partial charge in [0.25, 0.3) is 0 Å². The third-order valence-electron chi connectivity index (χ3n) is 2.83. The zero-order valence-corrected chi connectivity index (χ0v) is 7.75. The predicted molar refractivity (Wildman–Crippen MR) is 59.5 cm³/mol. The van der Waals surface area contributed by atoms with E-state index in [1.165, 1.54) is 22.9 Å². The van der Waals surface area contributed by atoms with Gasteiger partial charge in [-0.1, -0.05) is 24.3 Å². The number of rotatable bonds is 1. The van der Waals surface area contributed by atoms with Crippen LogP contribution in [-0.2, 0) is 0 Å². The fourth-order valence-electron chi connectivity index (χ4n) is 1.87. The van der Waals surface area contributed by atoms with E-state index >= 15 is 0 Å². The van der Waals surface area contributed by atoms with Gasteiger partial charge in [0.15, 0.2) is 7.98 Å². The highest BCUT2D eigenvalue weighted by atomic mass is 15.3. The van der Waals surface area contributed by atoms with E-state index in [4.69, 9.17) is 0 Å². The van der Waals surface area contributed by atoms with Gasteiger partial charge in [-0.15, -0.1) is 0 Å². The van der Waals surface area contributed by atoms with Crippen molar-refractivity contribution in [3.63, 3.8) is 0 Å². The number of aryl methyl sites for hydroxylation is 1. The van der Waals surface area contributed by atoms with Gasteiger partial charge in [-0.05, 0) is 12.5 Å². The Bertz CT molecular complexity index is 320. The van der Waals surface area contributed by atoms with Gasteiger partial charge in [-0.3, -0.25) is 0 Å². The van der Waals surface area contributed by atoms with Gasteiger partial charge in [0, 0.05) is 25.6 Å². The van der Waals surface area contributed by atoms with Crippen molar-refractivity contribution in [3.8, 4) is 0 Å². The highest BCUT2D eigenvalue weighted by Crippen LogP contribution is 2.38. The van der Waals surface area contributed by atoms with Crippen molar-refractivity contribution in [1.82, 2.24) is 0 Å². The Morgan fingerprint density at radius 1 is 1.38 bits per heavy atom. The second kappa shape index (κ2) is 2.88. The molecule has 1 nitrogen and oxygen atoms in total. The molecule has 1 heterocycles. The summed E-state index contributed by atoms with van der Waals surface area (Å²) in [6.45, 7) is 3.67. The van der Waals surface area contributed by atoms with E-state index in [0.29, 0.717) is 7.98 Å². The Hall–Kier alpha value is -0.755. The van der Waals surface area contributed by atoms with Crippen LogP contribution in [0, 0.1) is 6.92 Å². The van der Waals surface area contributed by atoms with Crippen molar-refractivity contribution >= 4 is 7.98 Å². The molecule has 1 aliphatic rings.